The zero-order chi connectivity index (χ0) is 36.3. The van der Waals surface area contributed by atoms with Crippen LogP contribution in [-0.4, -0.2) is 30.0 Å². The molecule has 1 aromatic heterocycles. The summed E-state index contributed by atoms with van der Waals surface area (Å²) in [4.78, 5) is 26.7. The van der Waals surface area contributed by atoms with Gasteiger partial charge in [-0.05, 0) is 128 Å². The second-order valence-corrected chi connectivity index (χ2v) is 17.2. The first-order valence-electron chi connectivity index (χ1n) is 19.1. The Morgan fingerprint density at radius 2 is 1.73 bits per heavy atom. The Labute approximate surface area is 300 Å². The fourth-order valence-corrected chi connectivity index (χ4v) is 12.0. The highest BCUT2D eigenvalue weighted by atomic mass is 19.4. The van der Waals surface area contributed by atoms with Crippen LogP contribution in [0.4, 0.5) is 23.7 Å². The van der Waals surface area contributed by atoms with Crippen molar-refractivity contribution in [2.75, 3.05) is 11.9 Å². The van der Waals surface area contributed by atoms with Crippen LogP contribution in [0.5, 0.6) is 0 Å². The topological polar surface area (TPSA) is 147 Å². The van der Waals surface area contributed by atoms with Crippen LogP contribution in [0.2, 0.25) is 0 Å². The molecule has 2 aromatic carbocycles. The van der Waals surface area contributed by atoms with E-state index in [9.17, 15) is 27.9 Å². The van der Waals surface area contributed by atoms with Crippen molar-refractivity contribution in [3.8, 4) is 0 Å². The third-order valence-electron chi connectivity index (χ3n) is 14.9. The SMILES string of the molecule is C[C@]12CC[C@]3(C[C@@H]1CC[C@@H]1[C@@H]2CC[C@]2(C)[C@@H](O)CC[C@@H]12)NCCc1c3c(=O)oc2cc(NC(=O)NCc3ccc(C4(C(F)(F)F)NN4)cc3)ccc12. The summed E-state index contributed by atoms with van der Waals surface area (Å²) < 4.78 is 46.1. The number of halogens is 3. The summed E-state index contributed by atoms with van der Waals surface area (Å²) in [6.45, 7) is 5.76. The van der Waals surface area contributed by atoms with E-state index in [1.54, 1.807) is 18.2 Å². The van der Waals surface area contributed by atoms with E-state index in [1.807, 2.05) is 12.1 Å². The van der Waals surface area contributed by atoms with Gasteiger partial charge in [0.1, 0.15) is 5.58 Å². The molecule has 3 aromatic rings. The molecule has 3 heterocycles. The minimum atomic E-state index is -4.49. The standard InChI is InChI=1S/C40H48F3N5O4/c1-36-16-17-38(20-24(36)7-9-28-29-11-12-32(49)37(29,2)15-13-30(28)36)33-27(14-18-45-38)26-10-8-25(19-31(26)52-34(33)50)46-35(51)44-21-22-3-5-23(6-4-22)39(47-48-39)40(41,42)43/h3-6,8,10,19,24,28-30,32,45,47-49H,7,9,11-18,20-21H2,1-2H3,(H2,44,46,51)/t24-,28-,29-,30-,32-,36-,37-,38+/m0/s1. The number of benzene rings is 2. The van der Waals surface area contributed by atoms with Crippen LogP contribution in [-0.2, 0) is 24.2 Å². The highest BCUT2D eigenvalue weighted by molar-refractivity contribution is 5.93. The summed E-state index contributed by atoms with van der Waals surface area (Å²) in [5.41, 5.74) is 5.11. The first kappa shape index (κ1) is 34.3. The predicted molar refractivity (Wildman–Crippen MR) is 190 cm³/mol. The van der Waals surface area contributed by atoms with Crippen LogP contribution in [0.25, 0.3) is 11.0 Å². The molecule has 9 nitrogen and oxygen atoms in total. The van der Waals surface area contributed by atoms with Gasteiger partial charge < -0.3 is 25.5 Å². The maximum atomic E-state index is 13.9. The maximum Gasteiger partial charge on any atom is 0.426 e. The van der Waals surface area contributed by atoms with Crippen molar-refractivity contribution in [2.24, 2.45) is 34.5 Å². The quantitative estimate of drug-likeness (QED) is 0.130. The summed E-state index contributed by atoms with van der Waals surface area (Å²) in [5, 5.41) is 21.2. The first-order chi connectivity index (χ1) is 24.8. The number of carbonyl (C=O) groups is 1. The molecule has 12 heteroatoms. The lowest BCUT2D eigenvalue weighted by Gasteiger charge is -2.62. The molecule has 0 bridgehead atoms. The predicted octanol–water partition coefficient (Wildman–Crippen LogP) is 6.68. The van der Waals surface area contributed by atoms with Gasteiger partial charge in [0.2, 0.25) is 5.66 Å². The Kier molecular flexibility index (Phi) is 7.77. The van der Waals surface area contributed by atoms with E-state index >= 15 is 0 Å². The van der Waals surface area contributed by atoms with Crippen LogP contribution < -0.4 is 32.4 Å². The molecule has 9 rings (SSSR count). The molecular formula is C40H48F3N5O4. The van der Waals surface area contributed by atoms with Gasteiger partial charge in [-0.3, -0.25) is 0 Å². The smallest absolute Gasteiger partial charge is 0.422 e. The van der Waals surface area contributed by atoms with E-state index in [4.69, 9.17) is 4.42 Å². The fraction of sp³-hybridized carbons (Fsp3) is 0.600. The average Bonchev–Trinajstić information content (AvgIpc) is 3.88. The molecule has 2 aliphatic heterocycles. The molecule has 4 saturated carbocycles. The van der Waals surface area contributed by atoms with Crippen molar-refractivity contribution in [2.45, 2.75) is 108 Å². The zero-order valence-corrected chi connectivity index (χ0v) is 29.7. The molecule has 1 spiro atoms. The largest absolute Gasteiger partial charge is 0.426 e. The number of rotatable bonds is 4. The highest BCUT2D eigenvalue weighted by Crippen LogP contribution is 2.67. The Morgan fingerprint density at radius 3 is 2.48 bits per heavy atom. The van der Waals surface area contributed by atoms with Gasteiger partial charge in [-0.2, -0.15) is 13.2 Å². The molecule has 6 aliphatic rings. The van der Waals surface area contributed by atoms with Gasteiger partial charge >= 0.3 is 17.8 Å². The van der Waals surface area contributed by atoms with E-state index in [-0.39, 0.29) is 34.7 Å². The lowest BCUT2D eigenvalue weighted by atomic mass is 9.43. The van der Waals surface area contributed by atoms with Crippen LogP contribution >= 0.6 is 0 Å². The van der Waals surface area contributed by atoms with Crippen molar-refractivity contribution in [1.29, 1.82) is 0 Å². The van der Waals surface area contributed by atoms with Gasteiger partial charge in [0.05, 0.1) is 17.2 Å². The Balaban J connectivity index is 0.898. The number of carbonyl (C=O) groups excluding carboxylic acids is 1. The number of aliphatic hydroxyl groups is 1. The summed E-state index contributed by atoms with van der Waals surface area (Å²) in [5.74, 6) is 2.48. The van der Waals surface area contributed by atoms with E-state index < -0.39 is 23.4 Å². The highest BCUT2D eigenvalue weighted by Gasteiger charge is 2.65. The Morgan fingerprint density at radius 1 is 0.962 bits per heavy atom. The van der Waals surface area contributed by atoms with Gasteiger partial charge in [-0.15, -0.1) is 0 Å². The minimum Gasteiger partial charge on any atom is -0.422 e. The van der Waals surface area contributed by atoms with Gasteiger partial charge in [-0.25, -0.2) is 20.4 Å². The van der Waals surface area contributed by atoms with Crippen molar-refractivity contribution in [3.63, 3.8) is 0 Å². The molecule has 1 saturated heterocycles. The average molecular weight is 720 g/mol. The number of fused-ring (bicyclic) bond motifs is 9. The van der Waals surface area contributed by atoms with E-state index in [1.165, 1.54) is 25.0 Å². The van der Waals surface area contributed by atoms with E-state index in [0.29, 0.717) is 40.5 Å². The number of anilines is 1. The number of urea groups is 1. The van der Waals surface area contributed by atoms with Gasteiger partial charge in [0, 0.05) is 30.2 Å². The summed E-state index contributed by atoms with van der Waals surface area (Å²) in [7, 11) is 0. The molecule has 0 unspecified atom stereocenters. The third-order valence-corrected chi connectivity index (χ3v) is 14.9. The first-order valence-corrected chi connectivity index (χ1v) is 19.1. The lowest BCUT2D eigenvalue weighted by Crippen LogP contribution is -2.60. The van der Waals surface area contributed by atoms with Crippen molar-refractivity contribution in [1.82, 2.24) is 21.5 Å². The van der Waals surface area contributed by atoms with E-state index in [0.717, 1.165) is 74.4 Å². The zero-order valence-electron chi connectivity index (χ0n) is 29.7. The molecule has 0 radical (unpaired) electrons. The minimum absolute atomic E-state index is 0.0434. The van der Waals surface area contributed by atoms with Crippen molar-refractivity contribution in [3.05, 3.63) is 75.1 Å². The molecule has 278 valence electrons. The van der Waals surface area contributed by atoms with E-state index in [2.05, 4.69) is 40.6 Å². The molecule has 5 fully saturated rings. The normalized spacial score (nSPS) is 36.0. The molecule has 6 N–H and O–H groups in total. The number of hydrazine groups is 1. The monoisotopic (exact) mass is 719 g/mol. The molecule has 52 heavy (non-hydrogen) atoms. The summed E-state index contributed by atoms with van der Waals surface area (Å²) in [6.07, 6.45) is 5.73. The van der Waals surface area contributed by atoms with Crippen LogP contribution in [0.3, 0.4) is 0 Å². The number of hydrogen-bond acceptors (Lipinski definition) is 7. The van der Waals surface area contributed by atoms with Crippen molar-refractivity contribution < 1.29 is 27.5 Å². The van der Waals surface area contributed by atoms with Gasteiger partial charge in [-0.1, -0.05) is 38.1 Å². The van der Waals surface area contributed by atoms with Crippen molar-refractivity contribution >= 4 is 22.7 Å². The number of nitrogens with one attached hydrogen (secondary N) is 5. The Bertz CT molecular complexity index is 1980. The molecule has 2 amide bonds. The molecule has 4 aliphatic carbocycles. The second-order valence-electron chi connectivity index (χ2n) is 17.2. The van der Waals surface area contributed by atoms with Gasteiger partial charge in [0.25, 0.3) is 0 Å². The summed E-state index contributed by atoms with van der Waals surface area (Å²) in [6, 6.07) is 10.8. The van der Waals surface area contributed by atoms with Crippen LogP contribution in [0.1, 0.15) is 93.9 Å². The number of aliphatic hydroxyl groups excluding tert-OH is 1. The molecule has 8 atom stereocenters. The lowest BCUT2D eigenvalue weighted by molar-refractivity contribution is -0.165. The summed E-state index contributed by atoms with van der Waals surface area (Å²) >= 11 is 0. The second kappa shape index (κ2) is 11.8. The van der Waals surface area contributed by atoms with Crippen LogP contribution in [0.15, 0.2) is 51.7 Å². The number of hydrogen-bond donors (Lipinski definition) is 6. The van der Waals surface area contributed by atoms with Gasteiger partial charge in [0.15, 0.2) is 0 Å². The maximum absolute atomic E-state index is 13.9. The fourth-order valence-electron chi connectivity index (χ4n) is 12.0. The number of alkyl halides is 3. The van der Waals surface area contributed by atoms with Crippen LogP contribution in [0, 0.1) is 34.5 Å². The Hall–Kier alpha value is -3.45. The number of amides is 2. The molecular weight excluding hydrogens is 671 g/mol. The third kappa shape index (κ3) is 5.10.